The zero-order chi connectivity index (χ0) is 47.0. The number of benzene rings is 4. The number of esters is 2. The number of nitrogens with zero attached hydrogens (tertiary/aromatic N) is 4. The van der Waals surface area contributed by atoms with Crippen LogP contribution in [0.1, 0.15) is 91.3 Å². The van der Waals surface area contributed by atoms with Gasteiger partial charge in [0, 0.05) is 25.8 Å². The summed E-state index contributed by atoms with van der Waals surface area (Å²) in [6.07, 6.45) is 1.05. The molecule has 1 saturated heterocycles. The van der Waals surface area contributed by atoms with Crippen molar-refractivity contribution in [3.63, 3.8) is 0 Å². The molecule has 346 valence electrons. The van der Waals surface area contributed by atoms with Gasteiger partial charge in [-0.1, -0.05) is 113 Å². The van der Waals surface area contributed by atoms with Crippen LogP contribution in [0.2, 0.25) is 36.3 Å². The van der Waals surface area contributed by atoms with Gasteiger partial charge in [0.25, 0.3) is 0 Å². The van der Waals surface area contributed by atoms with Crippen LogP contribution in [-0.2, 0) is 32.7 Å². The summed E-state index contributed by atoms with van der Waals surface area (Å²) < 4.78 is 41.1. The van der Waals surface area contributed by atoms with Crippen molar-refractivity contribution in [1.82, 2.24) is 19.5 Å². The first-order chi connectivity index (χ1) is 30.5. The minimum Gasteiger partial charge on any atom is -0.472 e. The molecule has 7 atom stereocenters. The number of ether oxygens (including phenoxy) is 4. The topological polar surface area (TPSA) is 145 Å². The molecular weight excluding hydrogens is 923 g/mol. The summed E-state index contributed by atoms with van der Waals surface area (Å²) in [6, 6.07) is 16.1. The number of carbonyl (C=O) groups is 2. The van der Waals surface area contributed by atoms with E-state index < -0.39 is 57.9 Å². The molecule has 1 aliphatic heterocycles. The maximum absolute atomic E-state index is 12.8. The molecule has 0 bridgehead atoms. The van der Waals surface area contributed by atoms with E-state index in [1.165, 1.54) is 13.8 Å². The van der Waals surface area contributed by atoms with Gasteiger partial charge in [0.1, 0.15) is 18.9 Å². The zero-order valence-corrected chi connectivity index (χ0v) is 43.2. The number of anilines is 1. The van der Waals surface area contributed by atoms with Gasteiger partial charge in [-0.15, -0.1) is 0 Å². The molecule has 65 heavy (non-hydrogen) atoms. The number of hydrogen-bond donors (Lipinski definition) is 1. The first-order valence-electron chi connectivity index (χ1n) is 22.4. The van der Waals surface area contributed by atoms with Crippen LogP contribution in [0.15, 0.2) is 67.5 Å². The van der Waals surface area contributed by atoms with E-state index in [0.29, 0.717) is 29.8 Å². The van der Waals surface area contributed by atoms with Crippen LogP contribution in [0.3, 0.4) is 0 Å². The molecule has 0 unspecified atom stereocenters. The number of carbonyl (C=O) groups excluding carboxylic acids is 2. The van der Waals surface area contributed by atoms with Crippen LogP contribution in [0.4, 0.5) is 5.95 Å². The molecule has 0 amide bonds. The molecule has 0 radical (unpaired) electrons. The lowest BCUT2D eigenvalue weighted by atomic mass is 9.78. The molecule has 16 heteroatoms. The Kier molecular flexibility index (Phi) is 12.5. The van der Waals surface area contributed by atoms with E-state index in [9.17, 15) is 9.59 Å². The van der Waals surface area contributed by atoms with E-state index in [4.69, 9.17) is 42.8 Å². The summed E-state index contributed by atoms with van der Waals surface area (Å²) in [6.45, 7) is 29.6. The molecule has 4 aromatic carbocycles. The van der Waals surface area contributed by atoms with Crippen molar-refractivity contribution < 1.29 is 37.4 Å². The molecule has 3 heterocycles. The molecule has 1 fully saturated rings. The van der Waals surface area contributed by atoms with Crippen molar-refractivity contribution in [3.8, 4) is 5.88 Å². The standard InChI is InChI=1S/C49H62BrN5O8Si2/c1-14-22-58-46-42-45(55(26-51-42)36-24-34(63-65(12,13)49(7,8)9)35(62-36)25-59-64(10,11)48(4,5)6)53-47(54-46)52-41-39-32-21-20-30-17-15-16-29-18-19-31(38(32)37(29)30)23-33(39)43(60-27(2)56)44(40(41)50)61-28(3)57/h14-21,23,26,34-36,40-41,43-44H,1,22,24-25H2,2-13H3,(H,52,53,54)/t34-,35+,36+,40-,41+,43-,44-/m0/s1. The summed E-state index contributed by atoms with van der Waals surface area (Å²) in [5.74, 6) is -0.520. The Labute approximate surface area is 391 Å². The lowest BCUT2D eigenvalue weighted by Gasteiger charge is -2.41. The fraction of sp³-hybridized carbons (Fsp3) is 0.490. The van der Waals surface area contributed by atoms with Gasteiger partial charge in [0.05, 0.1) is 29.9 Å². The molecule has 6 aromatic rings. The minimum atomic E-state index is -2.23. The number of imidazole rings is 1. The maximum atomic E-state index is 12.8. The van der Waals surface area contributed by atoms with Gasteiger partial charge >= 0.3 is 11.9 Å². The second-order valence-corrected chi connectivity index (χ2v) is 31.2. The van der Waals surface area contributed by atoms with E-state index in [0.717, 1.165) is 37.9 Å². The molecule has 0 saturated carbocycles. The van der Waals surface area contributed by atoms with E-state index in [1.54, 1.807) is 12.4 Å². The van der Waals surface area contributed by atoms with Crippen molar-refractivity contribution >= 4 is 93.9 Å². The smallest absolute Gasteiger partial charge is 0.303 e. The van der Waals surface area contributed by atoms with Crippen LogP contribution in [0.25, 0.3) is 43.5 Å². The van der Waals surface area contributed by atoms with E-state index in [1.807, 2.05) is 10.6 Å². The summed E-state index contributed by atoms with van der Waals surface area (Å²) in [5.41, 5.74) is 2.51. The van der Waals surface area contributed by atoms with Gasteiger partial charge in [-0.3, -0.25) is 14.2 Å². The number of alkyl halides is 1. The normalized spacial score (nSPS) is 23.0. The minimum absolute atomic E-state index is 0.0174. The first-order valence-corrected chi connectivity index (χ1v) is 29.1. The van der Waals surface area contributed by atoms with Crippen LogP contribution in [0.5, 0.6) is 5.88 Å². The van der Waals surface area contributed by atoms with Gasteiger partial charge in [-0.05, 0) is 80.2 Å². The SMILES string of the molecule is C=CCOc1nc(N[C@@H]2c3c(cc4ccc5cccc6ccc3c4c56)[C@H](OC(C)=O)[C@@H](OC(C)=O)[C@H]2Br)nc2c1ncn2[C@H]1C[C@H](O[Si](C)(C)C(C)(C)C)[C@@H](CO[Si](C)(C)C(C)(C)C)O1. The molecule has 8 rings (SSSR count). The quantitative estimate of drug-likeness (QED) is 0.0386. The third kappa shape index (κ3) is 8.82. The van der Waals surface area contributed by atoms with E-state index >= 15 is 0 Å². The summed E-state index contributed by atoms with van der Waals surface area (Å²) >= 11 is 3.95. The second kappa shape index (κ2) is 17.3. The third-order valence-electron chi connectivity index (χ3n) is 14.0. The number of hydrogen-bond acceptors (Lipinski definition) is 12. The Hall–Kier alpha value is -4.46. The molecule has 0 spiro atoms. The Balaban J connectivity index is 1.25. The highest BCUT2D eigenvalue weighted by Gasteiger charge is 2.49. The maximum Gasteiger partial charge on any atom is 0.303 e. The average Bonchev–Trinajstić information content (AvgIpc) is 3.83. The molecule has 2 aliphatic rings. The van der Waals surface area contributed by atoms with Gasteiger partial charge in [-0.2, -0.15) is 9.97 Å². The molecule has 2 aromatic heterocycles. The fourth-order valence-electron chi connectivity index (χ4n) is 8.66. The molecular formula is C49H62BrN5O8Si2. The summed E-state index contributed by atoms with van der Waals surface area (Å²) in [5, 5.41) is 9.99. The number of halogens is 1. The number of nitrogens with one attached hydrogen (secondary N) is 1. The predicted molar refractivity (Wildman–Crippen MR) is 264 cm³/mol. The summed E-state index contributed by atoms with van der Waals surface area (Å²) in [4.78, 5) is 39.8. The van der Waals surface area contributed by atoms with Crippen molar-refractivity contribution in [2.45, 2.75) is 140 Å². The highest BCUT2D eigenvalue weighted by Crippen LogP contribution is 2.51. The Morgan fingerprint density at radius 3 is 2.23 bits per heavy atom. The van der Waals surface area contributed by atoms with Crippen molar-refractivity contribution in [1.29, 1.82) is 0 Å². The largest absolute Gasteiger partial charge is 0.472 e. The zero-order valence-electron chi connectivity index (χ0n) is 39.6. The number of rotatable bonds is 13. The van der Waals surface area contributed by atoms with Crippen LogP contribution >= 0.6 is 15.9 Å². The van der Waals surface area contributed by atoms with Crippen molar-refractivity contribution in [2.75, 3.05) is 18.5 Å². The Morgan fingerprint density at radius 2 is 1.58 bits per heavy atom. The number of fused-ring (bicyclic) bond motifs is 3. The average molecular weight is 985 g/mol. The van der Waals surface area contributed by atoms with Gasteiger partial charge < -0.3 is 33.1 Å². The lowest BCUT2D eigenvalue weighted by molar-refractivity contribution is -0.167. The van der Waals surface area contributed by atoms with Crippen molar-refractivity contribution in [2.24, 2.45) is 0 Å². The van der Waals surface area contributed by atoms with Crippen LogP contribution in [-0.4, -0.2) is 84.4 Å². The Morgan fingerprint density at radius 1 is 0.923 bits per heavy atom. The molecule has 1 N–H and O–H groups in total. The van der Waals surface area contributed by atoms with Gasteiger partial charge in [-0.25, -0.2) is 4.98 Å². The van der Waals surface area contributed by atoms with Gasteiger partial charge in [0.15, 0.2) is 40.0 Å². The lowest BCUT2D eigenvalue weighted by Crippen LogP contribution is -2.48. The second-order valence-electron chi connectivity index (χ2n) is 20.5. The summed E-state index contributed by atoms with van der Waals surface area (Å²) in [7, 11) is -4.36. The fourth-order valence-corrected chi connectivity index (χ4v) is 11.8. The monoisotopic (exact) mass is 983 g/mol. The van der Waals surface area contributed by atoms with Gasteiger partial charge in [0.2, 0.25) is 11.8 Å². The van der Waals surface area contributed by atoms with Crippen molar-refractivity contribution in [3.05, 3.63) is 78.6 Å². The predicted octanol–water partition coefficient (Wildman–Crippen LogP) is 11.5. The molecule has 13 nitrogen and oxygen atoms in total. The van der Waals surface area contributed by atoms with Crippen LogP contribution < -0.4 is 10.1 Å². The third-order valence-corrected chi connectivity index (χ3v) is 24.1. The molecule has 1 aliphatic carbocycles. The van der Waals surface area contributed by atoms with E-state index in [2.05, 4.69) is 138 Å². The van der Waals surface area contributed by atoms with E-state index in [-0.39, 0.29) is 40.7 Å². The first kappa shape index (κ1) is 47.1. The number of aromatic nitrogens is 4. The Bertz CT molecular complexity index is 2770. The van der Waals surface area contributed by atoms with Crippen LogP contribution in [0, 0.1) is 0 Å². The highest BCUT2D eigenvalue weighted by atomic mass is 79.9. The highest BCUT2D eigenvalue weighted by molar-refractivity contribution is 9.09.